The number of likely N-dealkylation sites (N-methyl/N-ethyl adjacent to an activating group) is 1. The zero-order valence-electron chi connectivity index (χ0n) is 12.7. The Balaban J connectivity index is 1.93. The molecule has 0 aliphatic carbocycles. The van der Waals surface area contributed by atoms with Crippen molar-refractivity contribution in [1.82, 2.24) is 4.90 Å². The van der Waals surface area contributed by atoms with E-state index in [1.54, 1.807) is 4.90 Å². The van der Waals surface area contributed by atoms with Gasteiger partial charge in [-0.1, -0.05) is 54.1 Å². The Morgan fingerprint density at radius 3 is 2.05 bits per heavy atom. The van der Waals surface area contributed by atoms with Crippen molar-refractivity contribution in [3.8, 4) is 0 Å². The van der Waals surface area contributed by atoms with E-state index in [0.717, 1.165) is 16.7 Å². The van der Waals surface area contributed by atoms with Gasteiger partial charge in [-0.25, -0.2) is 0 Å². The van der Waals surface area contributed by atoms with E-state index in [9.17, 15) is 4.79 Å². The van der Waals surface area contributed by atoms with Crippen molar-refractivity contribution in [2.45, 2.75) is 26.4 Å². The van der Waals surface area contributed by atoms with Gasteiger partial charge in [-0.05, 0) is 23.6 Å². The predicted molar refractivity (Wildman–Crippen MR) is 85.7 cm³/mol. The third-order valence-corrected chi connectivity index (χ3v) is 3.58. The SMILES string of the molecule is Cc1ccc(CN(C)C(=O)Cc2ccc(CN)cc2)cc1. The first kappa shape index (κ1) is 15.3. The molecule has 0 saturated carbocycles. The van der Waals surface area contributed by atoms with Crippen molar-refractivity contribution < 1.29 is 4.79 Å². The molecule has 0 fully saturated rings. The highest BCUT2D eigenvalue weighted by molar-refractivity contribution is 5.78. The zero-order valence-corrected chi connectivity index (χ0v) is 12.7. The van der Waals surface area contributed by atoms with Crippen LogP contribution < -0.4 is 5.73 Å². The van der Waals surface area contributed by atoms with Crippen LogP contribution in [-0.4, -0.2) is 17.9 Å². The minimum absolute atomic E-state index is 0.121. The third-order valence-electron chi connectivity index (χ3n) is 3.58. The third kappa shape index (κ3) is 4.43. The zero-order chi connectivity index (χ0) is 15.2. The molecule has 0 unspecified atom stereocenters. The second-order valence-electron chi connectivity index (χ2n) is 5.43. The molecular weight excluding hydrogens is 260 g/mol. The standard InChI is InChI=1S/C18H22N2O/c1-14-3-5-17(6-4-14)13-20(2)18(21)11-15-7-9-16(12-19)10-8-15/h3-10H,11-13,19H2,1-2H3. The number of benzene rings is 2. The minimum Gasteiger partial charge on any atom is -0.341 e. The summed E-state index contributed by atoms with van der Waals surface area (Å²) in [6.45, 7) is 3.23. The molecule has 0 saturated heterocycles. The van der Waals surface area contributed by atoms with Crippen molar-refractivity contribution in [3.63, 3.8) is 0 Å². The van der Waals surface area contributed by atoms with Crippen LogP contribution in [0.5, 0.6) is 0 Å². The van der Waals surface area contributed by atoms with Crippen LogP contribution in [0.15, 0.2) is 48.5 Å². The van der Waals surface area contributed by atoms with Crippen LogP contribution in [0, 0.1) is 6.92 Å². The molecule has 2 aromatic carbocycles. The van der Waals surface area contributed by atoms with Gasteiger partial charge in [0, 0.05) is 20.1 Å². The van der Waals surface area contributed by atoms with Gasteiger partial charge < -0.3 is 10.6 Å². The van der Waals surface area contributed by atoms with Gasteiger partial charge in [-0.15, -0.1) is 0 Å². The summed E-state index contributed by atoms with van der Waals surface area (Å²) in [6.07, 6.45) is 0.424. The number of amides is 1. The molecular formula is C18H22N2O. The Kier molecular flexibility index (Phi) is 5.12. The van der Waals surface area contributed by atoms with Crippen molar-refractivity contribution in [1.29, 1.82) is 0 Å². The van der Waals surface area contributed by atoms with Gasteiger partial charge in [-0.3, -0.25) is 4.79 Å². The van der Waals surface area contributed by atoms with Crippen LogP contribution in [0.25, 0.3) is 0 Å². The summed E-state index contributed by atoms with van der Waals surface area (Å²) >= 11 is 0. The Bertz CT molecular complexity index is 588. The molecule has 0 heterocycles. The largest absolute Gasteiger partial charge is 0.341 e. The molecule has 2 N–H and O–H groups in total. The lowest BCUT2D eigenvalue weighted by Crippen LogP contribution is -2.27. The fraction of sp³-hybridized carbons (Fsp3) is 0.278. The van der Waals surface area contributed by atoms with Gasteiger partial charge in [0.1, 0.15) is 0 Å². The smallest absolute Gasteiger partial charge is 0.227 e. The van der Waals surface area contributed by atoms with E-state index in [1.807, 2.05) is 31.3 Å². The highest BCUT2D eigenvalue weighted by atomic mass is 16.2. The number of hydrogen-bond donors (Lipinski definition) is 1. The number of carbonyl (C=O) groups excluding carboxylic acids is 1. The summed E-state index contributed by atoms with van der Waals surface area (Å²) in [5.74, 6) is 0.121. The summed E-state index contributed by atoms with van der Waals surface area (Å²) in [5.41, 5.74) is 10.1. The van der Waals surface area contributed by atoms with E-state index < -0.39 is 0 Å². The summed E-state index contributed by atoms with van der Waals surface area (Å²) in [5, 5.41) is 0. The molecule has 0 aliphatic heterocycles. The monoisotopic (exact) mass is 282 g/mol. The van der Waals surface area contributed by atoms with Gasteiger partial charge in [0.15, 0.2) is 0 Å². The predicted octanol–water partition coefficient (Wildman–Crippen LogP) is 2.65. The van der Waals surface area contributed by atoms with Gasteiger partial charge in [0.25, 0.3) is 0 Å². The lowest BCUT2D eigenvalue weighted by Gasteiger charge is -2.17. The molecule has 2 aromatic rings. The number of rotatable bonds is 5. The maximum Gasteiger partial charge on any atom is 0.227 e. The molecule has 0 radical (unpaired) electrons. The average molecular weight is 282 g/mol. The number of nitrogens with zero attached hydrogens (tertiary/aromatic N) is 1. The van der Waals surface area contributed by atoms with Gasteiger partial charge in [-0.2, -0.15) is 0 Å². The van der Waals surface area contributed by atoms with E-state index in [0.29, 0.717) is 19.5 Å². The lowest BCUT2D eigenvalue weighted by molar-refractivity contribution is -0.129. The second-order valence-corrected chi connectivity index (χ2v) is 5.43. The van der Waals surface area contributed by atoms with Crippen molar-refractivity contribution >= 4 is 5.91 Å². The Morgan fingerprint density at radius 1 is 0.952 bits per heavy atom. The molecule has 110 valence electrons. The normalized spacial score (nSPS) is 10.4. The quantitative estimate of drug-likeness (QED) is 0.916. The lowest BCUT2D eigenvalue weighted by atomic mass is 10.1. The fourth-order valence-corrected chi connectivity index (χ4v) is 2.16. The summed E-state index contributed by atoms with van der Waals surface area (Å²) in [7, 11) is 1.84. The Hall–Kier alpha value is -2.13. The van der Waals surface area contributed by atoms with Crippen LogP contribution in [0.2, 0.25) is 0 Å². The van der Waals surface area contributed by atoms with Gasteiger partial charge in [0.05, 0.1) is 6.42 Å². The molecule has 1 amide bonds. The number of nitrogens with two attached hydrogens (primary N) is 1. The van der Waals surface area contributed by atoms with E-state index in [2.05, 4.69) is 31.2 Å². The summed E-state index contributed by atoms with van der Waals surface area (Å²) in [6, 6.07) is 16.2. The molecule has 3 nitrogen and oxygen atoms in total. The van der Waals surface area contributed by atoms with Crippen molar-refractivity contribution in [2.24, 2.45) is 5.73 Å². The van der Waals surface area contributed by atoms with Crippen LogP contribution >= 0.6 is 0 Å². The van der Waals surface area contributed by atoms with Gasteiger partial charge >= 0.3 is 0 Å². The second kappa shape index (κ2) is 7.04. The molecule has 21 heavy (non-hydrogen) atoms. The molecule has 0 atom stereocenters. The average Bonchev–Trinajstić information content (AvgIpc) is 2.50. The molecule has 0 bridgehead atoms. The fourth-order valence-electron chi connectivity index (χ4n) is 2.16. The van der Waals surface area contributed by atoms with Crippen LogP contribution in [-0.2, 0) is 24.3 Å². The van der Waals surface area contributed by atoms with Gasteiger partial charge in [0.2, 0.25) is 5.91 Å². The molecule has 3 heteroatoms. The first-order chi connectivity index (χ1) is 10.1. The number of hydrogen-bond acceptors (Lipinski definition) is 2. The van der Waals surface area contributed by atoms with Crippen LogP contribution in [0.1, 0.15) is 22.3 Å². The van der Waals surface area contributed by atoms with E-state index in [4.69, 9.17) is 5.73 Å². The Labute approximate surface area is 126 Å². The first-order valence-electron chi connectivity index (χ1n) is 7.16. The van der Waals surface area contributed by atoms with Crippen LogP contribution in [0.4, 0.5) is 0 Å². The van der Waals surface area contributed by atoms with Crippen LogP contribution in [0.3, 0.4) is 0 Å². The highest BCUT2D eigenvalue weighted by Gasteiger charge is 2.10. The van der Waals surface area contributed by atoms with Crippen molar-refractivity contribution in [3.05, 3.63) is 70.8 Å². The number of aryl methyl sites for hydroxylation is 1. The number of carbonyl (C=O) groups is 1. The van der Waals surface area contributed by atoms with E-state index in [-0.39, 0.29) is 5.91 Å². The topological polar surface area (TPSA) is 46.3 Å². The maximum atomic E-state index is 12.2. The van der Waals surface area contributed by atoms with E-state index >= 15 is 0 Å². The molecule has 0 aromatic heterocycles. The molecule has 0 spiro atoms. The molecule has 2 rings (SSSR count). The summed E-state index contributed by atoms with van der Waals surface area (Å²) in [4.78, 5) is 14.0. The minimum atomic E-state index is 0.121. The summed E-state index contributed by atoms with van der Waals surface area (Å²) < 4.78 is 0. The first-order valence-corrected chi connectivity index (χ1v) is 7.16. The molecule has 0 aliphatic rings. The van der Waals surface area contributed by atoms with Crippen molar-refractivity contribution in [2.75, 3.05) is 7.05 Å². The maximum absolute atomic E-state index is 12.2. The van der Waals surface area contributed by atoms with E-state index in [1.165, 1.54) is 5.56 Å². The Morgan fingerprint density at radius 2 is 1.48 bits per heavy atom. The highest BCUT2D eigenvalue weighted by Crippen LogP contribution is 2.09.